The fourth-order valence-electron chi connectivity index (χ4n) is 1.97. The zero-order valence-corrected chi connectivity index (χ0v) is 12.1. The quantitative estimate of drug-likeness (QED) is 0.939. The van der Waals surface area contributed by atoms with E-state index in [4.69, 9.17) is 26.8 Å². The maximum atomic E-state index is 6.32. The highest BCUT2D eigenvalue weighted by Crippen LogP contribution is 2.44. The molecule has 0 aliphatic carbocycles. The molecule has 0 atom stereocenters. The second kappa shape index (κ2) is 5.01. The summed E-state index contributed by atoms with van der Waals surface area (Å²) in [6, 6.07) is 1.85. The number of ether oxygens (including phenoxy) is 2. The Morgan fingerprint density at radius 2 is 1.95 bits per heavy atom. The average Bonchev–Trinajstić information content (AvgIpc) is 2.73. The van der Waals surface area contributed by atoms with Crippen LogP contribution in [0.2, 0.25) is 5.02 Å². The number of rotatable bonds is 3. The van der Waals surface area contributed by atoms with Crippen LogP contribution in [0.3, 0.4) is 0 Å². The van der Waals surface area contributed by atoms with Crippen molar-refractivity contribution in [3.05, 3.63) is 22.8 Å². The molecule has 0 spiro atoms. The molecule has 0 bridgehead atoms. The fourth-order valence-corrected chi connectivity index (χ4v) is 2.24. The molecular formula is C13H16ClN3O2. The van der Waals surface area contributed by atoms with Gasteiger partial charge in [-0.2, -0.15) is 5.10 Å². The van der Waals surface area contributed by atoms with E-state index in [0.717, 1.165) is 16.7 Å². The molecule has 2 rings (SSSR count). The number of aromatic nitrogens is 2. The van der Waals surface area contributed by atoms with Gasteiger partial charge in [-0.3, -0.25) is 4.68 Å². The Morgan fingerprint density at radius 3 is 2.42 bits per heavy atom. The fraction of sp³-hybridized carbons (Fsp3) is 0.308. The van der Waals surface area contributed by atoms with E-state index in [1.54, 1.807) is 32.1 Å². The predicted octanol–water partition coefficient (Wildman–Crippen LogP) is 2.65. The van der Waals surface area contributed by atoms with Crippen LogP contribution in [0.5, 0.6) is 11.5 Å². The van der Waals surface area contributed by atoms with Crippen molar-refractivity contribution in [2.45, 2.75) is 6.92 Å². The second-order valence-electron chi connectivity index (χ2n) is 4.17. The summed E-state index contributed by atoms with van der Waals surface area (Å²) in [6.07, 6.45) is 1.68. The van der Waals surface area contributed by atoms with Gasteiger partial charge in [0.25, 0.3) is 0 Å². The topological polar surface area (TPSA) is 62.3 Å². The summed E-state index contributed by atoms with van der Waals surface area (Å²) in [7, 11) is 4.95. The van der Waals surface area contributed by atoms with Crippen LogP contribution in [0.1, 0.15) is 5.56 Å². The van der Waals surface area contributed by atoms with Crippen LogP contribution >= 0.6 is 11.6 Å². The van der Waals surface area contributed by atoms with E-state index in [-0.39, 0.29) is 0 Å². The van der Waals surface area contributed by atoms with Crippen molar-refractivity contribution in [3.8, 4) is 22.6 Å². The van der Waals surface area contributed by atoms with Crippen LogP contribution in [0.25, 0.3) is 11.1 Å². The van der Waals surface area contributed by atoms with Crippen molar-refractivity contribution < 1.29 is 9.47 Å². The van der Waals surface area contributed by atoms with Crippen molar-refractivity contribution in [2.24, 2.45) is 7.05 Å². The lowest BCUT2D eigenvalue weighted by atomic mass is 10.0. The Hall–Kier alpha value is -1.88. The number of anilines is 1. The summed E-state index contributed by atoms with van der Waals surface area (Å²) in [4.78, 5) is 0. The number of methoxy groups -OCH3 is 2. The molecule has 0 saturated carbocycles. The minimum atomic E-state index is 0.514. The lowest BCUT2D eigenvalue weighted by Gasteiger charge is -2.15. The Morgan fingerprint density at radius 1 is 1.26 bits per heavy atom. The van der Waals surface area contributed by atoms with Gasteiger partial charge in [-0.15, -0.1) is 0 Å². The van der Waals surface area contributed by atoms with E-state index in [0.29, 0.717) is 22.3 Å². The first kappa shape index (κ1) is 13.5. The third-order valence-electron chi connectivity index (χ3n) is 3.12. The van der Waals surface area contributed by atoms with Gasteiger partial charge in [-0.1, -0.05) is 11.6 Å². The number of nitrogens with two attached hydrogens (primary N) is 1. The standard InChI is InChI=1S/C13H16ClN3O2/c1-7-10(18-3)5-8(12(19-4)11(7)14)9-6-16-17(2)13(9)15/h5-6H,15H2,1-4H3. The van der Waals surface area contributed by atoms with Gasteiger partial charge in [0, 0.05) is 23.7 Å². The monoisotopic (exact) mass is 281 g/mol. The van der Waals surface area contributed by atoms with E-state index >= 15 is 0 Å². The van der Waals surface area contributed by atoms with Crippen LogP contribution in [0, 0.1) is 6.92 Å². The molecule has 0 fully saturated rings. The van der Waals surface area contributed by atoms with Gasteiger partial charge < -0.3 is 15.2 Å². The molecular weight excluding hydrogens is 266 g/mol. The Labute approximate surface area is 116 Å². The Bertz CT molecular complexity index is 623. The molecule has 0 radical (unpaired) electrons. The lowest BCUT2D eigenvalue weighted by Crippen LogP contribution is -2.00. The maximum Gasteiger partial charge on any atom is 0.146 e. The molecule has 6 heteroatoms. The van der Waals surface area contributed by atoms with Crippen LogP contribution in [0.4, 0.5) is 5.82 Å². The largest absolute Gasteiger partial charge is 0.496 e. The van der Waals surface area contributed by atoms with Gasteiger partial charge in [0.15, 0.2) is 0 Å². The Kier molecular flexibility index (Phi) is 3.57. The number of benzene rings is 1. The van der Waals surface area contributed by atoms with Crippen LogP contribution in [-0.4, -0.2) is 24.0 Å². The number of nitrogen functional groups attached to an aromatic ring is 1. The maximum absolute atomic E-state index is 6.32. The molecule has 1 aromatic carbocycles. The normalized spacial score (nSPS) is 10.6. The van der Waals surface area contributed by atoms with E-state index in [1.165, 1.54) is 0 Å². The van der Waals surface area contributed by atoms with Crippen molar-refractivity contribution >= 4 is 17.4 Å². The summed E-state index contributed by atoms with van der Waals surface area (Å²) in [5.41, 5.74) is 8.35. The zero-order chi connectivity index (χ0) is 14.2. The molecule has 19 heavy (non-hydrogen) atoms. The van der Waals surface area contributed by atoms with E-state index in [9.17, 15) is 0 Å². The summed E-state index contributed by atoms with van der Waals surface area (Å²) < 4.78 is 12.3. The number of aryl methyl sites for hydroxylation is 1. The SMILES string of the molecule is COc1cc(-c2cnn(C)c2N)c(OC)c(Cl)c1C. The molecule has 0 aliphatic rings. The average molecular weight is 282 g/mol. The number of hydrogen-bond donors (Lipinski definition) is 1. The highest BCUT2D eigenvalue weighted by Gasteiger charge is 2.19. The molecule has 2 aromatic rings. The van der Waals surface area contributed by atoms with Crippen molar-refractivity contribution in [1.82, 2.24) is 9.78 Å². The minimum absolute atomic E-state index is 0.514. The molecule has 0 aliphatic heterocycles. The van der Waals surface area contributed by atoms with Crippen molar-refractivity contribution in [2.75, 3.05) is 20.0 Å². The van der Waals surface area contributed by atoms with E-state index in [1.807, 2.05) is 13.0 Å². The number of hydrogen-bond acceptors (Lipinski definition) is 4. The number of halogens is 1. The lowest BCUT2D eigenvalue weighted by molar-refractivity contribution is 0.402. The van der Waals surface area contributed by atoms with Crippen molar-refractivity contribution in [1.29, 1.82) is 0 Å². The Balaban J connectivity index is 2.75. The van der Waals surface area contributed by atoms with Crippen molar-refractivity contribution in [3.63, 3.8) is 0 Å². The third-order valence-corrected chi connectivity index (χ3v) is 3.57. The molecule has 0 unspecified atom stereocenters. The summed E-state index contributed by atoms with van der Waals surface area (Å²) in [6.45, 7) is 1.88. The second-order valence-corrected chi connectivity index (χ2v) is 4.54. The van der Waals surface area contributed by atoms with Gasteiger partial charge >= 0.3 is 0 Å². The van der Waals surface area contributed by atoms with Crippen LogP contribution in [0.15, 0.2) is 12.3 Å². The van der Waals surface area contributed by atoms with Gasteiger partial charge in [-0.25, -0.2) is 0 Å². The first-order valence-corrected chi connectivity index (χ1v) is 6.08. The summed E-state index contributed by atoms with van der Waals surface area (Å²) >= 11 is 6.32. The van der Waals surface area contributed by atoms with Gasteiger partial charge in [0.05, 0.1) is 25.4 Å². The zero-order valence-electron chi connectivity index (χ0n) is 11.3. The molecule has 0 saturated heterocycles. The highest BCUT2D eigenvalue weighted by atomic mass is 35.5. The molecule has 102 valence electrons. The molecule has 0 amide bonds. The molecule has 1 heterocycles. The summed E-state index contributed by atoms with van der Waals surface area (Å²) in [5, 5.41) is 4.64. The smallest absolute Gasteiger partial charge is 0.146 e. The molecule has 5 nitrogen and oxygen atoms in total. The van der Waals surface area contributed by atoms with Crippen LogP contribution in [-0.2, 0) is 7.05 Å². The predicted molar refractivity (Wildman–Crippen MR) is 75.9 cm³/mol. The first-order valence-electron chi connectivity index (χ1n) is 5.70. The van der Waals surface area contributed by atoms with Gasteiger partial charge in [-0.05, 0) is 13.0 Å². The summed E-state index contributed by atoms with van der Waals surface area (Å²) in [5.74, 6) is 1.80. The minimum Gasteiger partial charge on any atom is -0.496 e. The molecule has 1 aromatic heterocycles. The third kappa shape index (κ3) is 2.10. The highest BCUT2D eigenvalue weighted by molar-refractivity contribution is 6.33. The van der Waals surface area contributed by atoms with E-state index in [2.05, 4.69) is 5.10 Å². The van der Waals surface area contributed by atoms with Crippen LogP contribution < -0.4 is 15.2 Å². The van der Waals surface area contributed by atoms with Gasteiger partial charge in [0.2, 0.25) is 0 Å². The molecule has 2 N–H and O–H groups in total. The van der Waals surface area contributed by atoms with Gasteiger partial charge in [0.1, 0.15) is 17.3 Å². The van der Waals surface area contributed by atoms with E-state index < -0.39 is 0 Å². The first-order chi connectivity index (χ1) is 9.01. The number of nitrogens with zero attached hydrogens (tertiary/aromatic N) is 2.